The summed E-state index contributed by atoms with van der Waals surface area (Å²) in [4.78, 5) is 46.4. The van der Waals surface area contributed by atoms with Gasteiger partial charge in [0.15, 0.2) is 0 Å². The van der Waals surface area contributed by atoms with Crippen LogP contribution in [0.1, 0.15) is 68.4 Å². The lowest BCUT2D eigenvalue weighted by molar-refractivity contribution is -0.136. The van der Waals surface area contributed by atoms with Crippen molar-refractivity contribution < 1.29 is 14.4 Å². The first-order valence-corrected chi connectivity index (χ1v) is 13.6. The van der Waals surface area contributed by atoms with E-state index in [4.69, 9.17) is 0 Å². The van der Waals surface area contributed by atoms with Crippen LogP contribution in [0.4, 0.5) is 5.69 Å². The van der Waals surface area contributed by atoms with E-state index in [9.17, 15) is 14.4 Å². The van der Waals surface area contributed by atoms with Crippen molar-refractivity contribution in [3.05, 3.63) is 68.7 Å². The number of aryl methyl sites for hydroxylation is 2. The number of hydrogen-bond acceptors (Lipinski definition) is 6. The Hall–Kier alpha value is -3.46. The second-order valence-corrected chi connectivity index (χ2v) is 11.1. The smallest absolute Gasteiger partial charge is 0.264 e. The first-order valence-electron chi connectivity index (χ1n) is 12.7. The van der Waals surface area contributed by atoms with E-state index in [0.717, 1.165) is 46.9 Å². The Morgan fingerprint density at radius 1 is 1.19 bits per heavy atom. The van der Waals surface area contributed by atoms with Gasteiger partial charge in [0.2, 0.25) is 5.91 Å². The third-order valence-electron chi connectivity index (χ3n) is 7.89. The summed E-state index contributed by atoms with van der Waals surface area (Å²) in [6.07, 6.45) is 1.64. The van der Waals surface area contributed by atoms with Gasteiger partial charge in [-0.1, -0.05) is 12.1 Å². The van der Waals surface area contributed by atoms with Gasteiger partial charge in [-0.2, -0.15) is 5.10 Å². The van der Waals surface area contributed by atoms with Gasteiger partial charge in [0.05, 0.1) is 41.0 Å². The van der Waals surface area contributed by atoms with Crippen LogP contribution in [0.25, 0.3) is 0 Å². The standard InChI is InChI=1S/C28H33N5O3S/c1-17-24(19(3)31(5)29-17)18(2)30(4)26(34)20-9-7-13-32(15-20)23-12-6-11-22-25(23)28(36)33(27(22)35)16-21-10-8-14-37-21/h6,8,10-12,14,18,20H,7,9,13,15-16H2,1-5H3. The van der Waals surface area contributed by atoms with Crippen molar-refractivity contribution in [3.63, 3.8) is 0 Å². The van der Waals surface area contributed by atoms with Crippen molar-refractivity contribution in [2.45, 2.75) is 46.2 Å². The molecule has 1 fully saturated rings. The van der Waals surface area contributed by atoms with Gasteiger partial charge in [-0.15, -0.1) is 11.3 Å². The third-order valence-corrected chi connectivity index (χ3v) is 8.75. The lowest BCUT2D eigenvalue weighted by Crippen LogP contribution is -2.45. The molecule has 0 bridgehead atoms. The number of piperidine rings is 1. The van der Waals surface area contributed by atoms with Gasteiger partial charge in [-0.3, -0.25) is 24.0 Å². The molecule has 3 amide bonds. The van der Waals surface area contributed by atoms with Gasteiger partial charge >= 0.3 is 0 Å². The second-order valence-electron chi connectivity index (χ2n) is 10.1. The summed E-state index contributed by atoms with van der Waals surface area (Å²) in [5, 5.41) is 6.46. The maximum absolute atomic E-state index is 13.6. The number of imide groups is 1. The molecule has 1 saturated heterocycles. The minimum atomic E-state index is -0.259. The number of fused-ring (bicyclic) bond motifs is 1. The van der Waals surface area contributed by atoms with Crippen LogP contribution in [0.5, 0.6) is 0 Å². The first kappa shape index (κ1) is 25.2. The van der Waals surface area contributed by atoms with Gasteiger partial charge < -0.3 is 9.80 Å². The molecule has 194 valence electrons. The predicted octanol–water partition coefficient (Wildman–Crippen LogP) is 4.33. The van der Waals surface area contributed by atoms with Gasteiger partial charge in [0.25, 0.3) is 11.8 Å². The lowest BCUT2D eigenvalue weighted by atomic mass is 9.94. The summed E-state index contributed by atoms with van der Waals surface area (Å²) in [5.74, 6) is -0.612. The van der Waals surface area contributed by atoms with Gasteiger partial charge in [0, 0.05) is 43.3 Å². The highest BCUT2D eigenvalue weighted by atomic mass is 32.1. The summed E-state index contributed by atoms with van der Waals surface area (Å²) in [6, 6.07) is 9.23. The average molecular weight is 520 g/mol. The monoisotopic (exact) mass is 519 g/mol. The molecule has 8 nitrogen and oxygen atoms in total. The van der Waals surface area contributed by atoms with E-state index in [1.165, 1.54) is 16.2 Å². The molecule has 1 aromatic carbocycles. The molecular weight excluding hydrogens is 486 g/mol. The molecule has 0 spiro atoms. The number of anilines is 1. The molecule has 2 aromatic heterocycles. The fraction of sp³-hybridized carbons (Fsp3) is 0.429. The summed E-state index contributed by atoms with van der Waals surface area (Å²) < 4.78 is 1.86. The number of carbonyl (C=O) groups is 3. The fourth-order valence-electron chi connectivity index (χ4n) is 5.75. The minimum Gasteiger partial charge on any atom is -0.370 e. The highest BCUT2D eigenvalue weighted by molar-refractivity contribution is 7.09. The Balaban J connectivity index is 1.36. The van der Waals surface area contributed by atoms with E-state index in [1.54, 1.807) is 6.07 Å². The van der Waals surface area contributed by atoms with Crippen molar-refractivity contribution in [1.82, 2.24) is 19.6 Å². The largest absolute Gasteiger partial charge is 0.370 e. The van der Waals surface area contributed by atoms with Gasteiger partial charge in [0.1, 0.15) is 0 Å². The molecule has 2 atom stereocenters. The minimum absolute atomic E-state index is 0.0918. The number of thiophene rings is 1. The Bertz CT molecular complexity index is 1360. The van der Waals surface area contributed by atoms with Crippen LogP contribution >= 0.6 is 11.3 Å². The van der Waals surface area contributed by atoms with Crippen LogP contribution in [0.15, 0.2) is 35.7 Å². The SMILES string of the molecule is Cc1nn(C)c(C)c1C(C)N(C)C(=O)C1CCCN(c2cccc3c2C(=O)N(Cc2cccs2)C3=O)C1. The highest BCUT2D eigenvalue weighted by Crippen LogP contribution is 2.36. The van der Waals surface area contributed by atoms with Crippen molar-refractivity contribution in [1.29, 1.82) is 0 Å². The molecule has 2 aliphatic heterocycles. The fourth-order valence-corrected chi connectivity index (χ4v) is 6.44. The Kier molecular flexibility index (Phi) is 6.66. The third kappa shape index (κ3) is 4.35. The van der Waals surface area contributed by atoms with Crippen LogP contribution < -0.4 is 4.90 Å². The normalized spacial score (nSPS) is 18.4. The second kappa shape index (κ2) is 9.78. The highest BCUT2D eigenvalue weighted by Gasteiger charge is 2.40. The van der Waals surface area contributed by atoms with E-state index in [0.29, 0.717) is 17.7 Å². The average Bonchev–Trinajstić information content (AvgIpc) is 3.57. The molecule has 0 N–H and O–H groups in total. The van der Waals surface area contributed by atoms with E-state index < -0.39 is 0 Å². The molecule has 0 aliphatic carbocycles. The number of aromatic nitrogens is 2. The van der Waals surface area contributed by atoms with E-state index in [1.807, 2.05) is 74.1 Å². The molecule has 37 heavy (non-hydrogen) atoms. The maximum Gasteiger partial charge on any atom is 0.264 e. The molecule has 5 rings (SSSR count). The predicted molar refractivity (Wildman–Crippen MR) is 144 cm³/mol. The van der Waals surface area contributed by atoms with Crippen LogP contribution in [0.2, 0.25) is 0 Å². The van der Waals surface area contributed by atoms with Crippen molar-refractivity contribution in [2.24, 2.45) is 13.0 Å². The molecule has 2 aliphatic rings. The van der Waals surface area contributed by atoms with E-state index in [-0.39, 0.29) is 36.2 Å². The van der Waals surface area contributed by atoms with Crippen LogP contribution in [-0.2, 0) is 18.4 Å². The zero-order chi connectivity index (χ0) is 26.4. The number of hydrogen-bond donors (Lipinski definition) is 0. The number of carbonyl (C=O) groups excluding carboxylic acids is 3. The zero-order valence-electron chi connectivity index (χ0n) is 22.0. The number of benzene rings is 1. The molecule has 9 heteroatoms. The Labute approximate surface area is 221 Å². The molecule has 4 heterocycles. The topological polar surface area (TPSA) is 78.8 Å². The molecule has 2 unspecified atom stereocenters. The quantitative estimate of drug-likeness (QED) is 0.453. The zero-order valence-corrected chi connectivity index (χ0v) is 22.8. The first-order chi connectivity index (χ1) is 17.7. The number of rotatable bonds is 6. The number of amides is 3. The molecule has 0 radical (unpaired) electrons. The molecule has 0 saturated carbocycles. The summed E-state index contributed by atoms with van der Waals surface area (Å²) in [6.45, 7) is 7.60. The molecular formula is C28H33N5O3S. The van der Waals surface area contributed by atoms with Crippen LogP contribution in [-0.4, -0.2) is 57.4 Å². The summed E-state index contributed by atoms with van der Waals surface area (Å²) >= 11 is 1.53. The van der Waals surface area contributed by atoms with Gasteiger partial charge in [-0.25, -0.2) is 0 Å². The van der Waals surface area contributed by atoms with Crippen molar-refractivity contribution >= 4 is 34.7 Å². The van der Waals surface area contributed by atoms with Crippen LogP contribution in [0, 0.1) is 19.8 Å². The van der Waals surface area contributed by atoms with Crippen molar-refractivity contribution in [2.75, 3.05) is 25.0 Å². The van der Waals surface area contributed by atoms with E-state index in [2.05, 4.69) is 10.00 Å². The maximum atomic E-state index is 13.6. The van der Waals surface area contributed by atoms with E-state index >= 15 is 0 Å². The van der Waals surface area contributed by atoms with Gasteiger partial charge in [-0.05, 0) is 57.2 Å². The molecule has 3 aromatic rings. The Morgan fingerprint density at radius 2 is 1.97 bits per heavy atom. The lowest BCUT2D eigenvalue weighted by Gasteiger charge is -2.37. The Morgan fingerprint density at radius 3 is 2.65 bits per heavy atom. The summed E-state index contributed by atoms with van der Waals surface area (Å²) in [7, 11) is 3.79. The van der Waals surface area contributed by atoms with Crippen molar-refractivity contribution in [3.8, 4) is 0 Å². The van der Waals surface area contributed by atoms with Crippen LogP contribution in [0.3, 0.4) is 0 Å². The number of nitrogens with zero attached hydrogens (tertiary/aromatic N) is 5. The summed E-state index contributed by atoms with van der Waals surface area (Å²) in [5.41, 5.74) is 4.73.